The van der Waals surface area contributed by atoms with Crippen LogP contribution in [0.4, 0.5) is 14.7 Å². The summed E-state index contributed by atoms with van der Waals surface area (Å²) in [6.45, 7) is 5.94. The van der Waals surface area contributed by atoms with E-state index in [4.69, 9.17) is 24.2 Å². The molecule has 3 saturated heterocycles. The average Bonchev–Trinajstić information content (AvgIpc) is 3.80. The number of benzene rings is 1. The molecule has 3 unspecified atom stereocenters. The number of nitrogens with zero attached hydrogens (tertiary/aromatic N) is 6. The van der Waals surface area contributed by atoms with Crippen molar-refractivity contribution in [3.63, 3.8) is 0 Å². The van der Waals surface area contributed by atoms with Crippen LogP contribution in [0.1, 0.15) is 70.0 Å². The van der Waals surface area contributed by atoms with Gasteiger partial charge in [0.1, 0.15) is 11.9 Å². The summed E-state index contributed by atoms with van der Waals surface area (Å²) < 4.78 is 47.5. The highest BCUT2D eigenvalue weighted by Gasteiger charge is 2.47. The number of ether oxygens (including phenoxy) is 3. The lowest BCUT2D eigenvalue weighted by Crippen LogP contribution is -2.48. The van der Waals surface area contributed by atoms with Crippen molar-refractivity contribution in [2.75, 3.05) is 57.5 Å². The molecule has 5 fully saturated rings. The number of Topliss-reactive ketones (excluding diaryl/α,β-unsaturated/α-hetero) is 1. The van der Waals surface area contributed by atoms with Gasteiger partial charge in [0.25, 0.3) is 6.43 Å². The van der Waals surface area contributed by atoms with Gasteiger partial charge in [-0.2, -0.15) is 9.97 Å². The first kappa shape index (κ1) is 32.9. The zero-order valence-electron chi connectivity index (χ0n) is 28.0. The number of imidazole rings is 1. The third-order valence-corrected chi connectivity index (χ3v) is 11.3. The maximum absolute atomic E-state index is 14.3. The first-order valence-corrected chi connectivity index (χ1v) is 18.3. The van der Waals surface area contributed by atoms with Crippen molar-refractivity contribution in [2.45, 2.75) is 88.4 Å². The predicted molar refractivity (Wildman–Crippen MR) is 179 cm³/mol. The molecule has 2 aromatic heterocycles. The number of carbonyl (C=O) groups is 1. The molecule has 13 heteroatoms. The lowest BCUT2D eigenvalue weighted by molar-refractivity contribution is -0.123. The van der Waals surface area contributed by atoms with Gasteiger partial charge in [-0.15, -0.1) is 0 Å². The van der Waals surface area contributed by atoms with Crippen LogP contribution < -0.4 is 15.0 Å². The first-order chi connectivity index (χ1) is 24.0. The molecule has 5 heterocycles. The summed E-state index contributed by atoms with van der Waals surface area (Å²) in [7, 11) is 0. The van der Waals surface area contributed by atoms with Crippen LogP contribution in [0.15, 0.2) is 30.3 Å². The number of alkyl halides is 2. The monoisotopic (exact) mass is 679 g/mol. The second-order valence-electron chi connectivity index (χ2n) is 14.3. The Labute approximate surface area is 285 Å². The van der Waals surface area contributed by atoms with Gasteiger partial charge in [-0.1, -0.05) is 25.0 Å². The molecule has 0 amide bonds. The molecule has 2 aliphatic carbocycles. The fraction of sp³-hybridized carbons (Fsp3) is 0.667. The maximum Gasteiger partial charge on any atom is 0.296 e. The zero-order chi connectivity index (χ0) is 33.3. The largest absolute Gasteiger partial charge is 0.474 e. The molecule has 264 valence electrons. The molecular formula is C36H47F2N7O4. The average molecular weight is 680 g/mol. The Balaban J connectivity index is 0.925. The summed E-state index contributed by atoms with van der Waals surface area (Å²) in [6.07, 6.45) is 6.26. The van der Waals surface area contributed by atoms with E-state index >= 15 is 0 Å². The Hall–Kier alpha value is -3.26. The number of rotatable bonds is 10. The molecule has 0 radical (unpaired) electrons. The van der Waals surface area contributed by atoms with Gasteiger partial charge in [0.15, 0.2) is 11.6 Å². The van der Waals surface area contributed by atoms with Crippen LogP contribution >= 0.6 is 0 Å². The van der Waals surface area contributed by atoms with E-state index in [1.807, 2.05) is 4.90 Å². The topological polar surface area (TPSA) is 117 Å². The molecule has 8 rings (SSSR count). The maximum atomic E-state index is 14.3. The van der Waals surface area contributed by atoms with Crippen molar-refractivity contribution >= 4 is 22.8 Å². The molecule has 1 N–H and O–H groups in total. The van der Waals surface area contributed by atoms with Crippen molar-refractivity contribution in [1.29, 1.82) is 0 Å². The Morgan fingerprint density at radius 3 is 2.43 bits per heavy atom. The van der Waals surface area contributed by atoms with E-state index in [1.54, 1.807) is 30.3 Å². The number of carbonyl (C=O) groups excluding carboxylic acids is 1. The Morgan fingerprint density at radius 1 is 0.918 bits per heavy atom. The molecule has 3 aromatic rings. The van der Waals surface area contributed by atoms with Gasteiger partial charge in [-0.3, -0.25) is 14.3 Å². The van der Waals surface area contributed by atoms with E-state index in [0.717, 1.165) is 58.4 Å². The SMILES string of the molecule is O=C(C1CCC(Oc2cc(-n3c(C(F)F)nc4ccccc43)nc(N3CCOCC3)n2)CC1)C1NC1CC1CCCC[C@@H]1N1CCOCC1. The number of anilines is 1. The smallest absolute Gasteiger partial charge is 0.296 e. The van der Waals surface area contributed by atoms with Gasteiger partial charge in [-0.25, -0.2) is 13.8 Å². The summed E-state index contributed by atoms with van der Waals surface area (Å²) in [5.74, 6) is 1.70. The van der Waals surface area contributed by atoms with Crippen LogP contribution in [-0.4, -0.2) is 107 Å². The van der Waals surface area contributed by atoms with E-state index in [1.165, 1.54) is 30.3 Å². The number of fused-ring (bicyclic) bond motifs is 1. The fourth-order valence-corrected chi connectivity index (χ4v) is 8.64. The van der Waals surface area contributed by atoms with Gasteiger partial charge < -0.3 is 24.4 Å². The Kier molecular flexibility index (Phi) is 9.76. The quantitative estimate of drug-likeness (QED) is 0.302. The lowest BCUT2D eigenvalue weighted by atomic mass is 9.79. The number of halogens is 2. The van der Waals surface area contributed by atoms with Crippen LogP contribution in [0.3, 0.4) is 0 Å². The Bertz CT molecular complexity index is 1600. The standard InChI is InChI=1S/C36H47F2N7O4/c37-34(38)35-40-26-6-2-4-8-29(26)45(35)30-22-31(42-36(41-30)44-15-19-48-20-16-44)49-25-11-9-23(10-12-25)33(46)32-27(39-32)21-24-5-1-3-7-28(24)43-13-17-47-18-14-43/h2,4,6,8,22-25,27-28,32,34,39H,1,3,5,7,9-21H2/t23?,24?,25?,27?,28-,32?/m0/s1. The number of ketones is 1. The number of nitrogens with one attached hydrogen (secondary N) is 1. The van der Waals surface area contributed by atoms with Crippen LogP contribution in [0.2, 0.25) is 0 Å². The number of hydrogen-bond acceptors (Lipinski definition) is 10. The second-order valence-corrected chi connectivity index (χ2v) is 14.3. The minimum Gasteiger partial charge on any atom is -0.474 e. The molecule has 5 aliphatic rings. The molecule has 0 bridgehead atoms. The van der Waals surface area contributed by atoms with Crippen molar-refractivity contribution in [3.8, 4) is 11.7 Å². The van der Waals surface area contributed by atoms with E-state index in [2.05, 4.69) is 15.2 Å². The molecule has 2 saturated carbocycles. The number of aromatic nitrogens is 4. The van der Waals surface area contributed by atoms with Gasteiger partial charge in [-0.05, 0) is 63.0 Å². The minimum atomic E-state index is -2.79. The summed E-state index contributed by atoms with van der Waals surface area (Å²) >= 11 is 0. The third kappa shape index (κ3) is 7.17. The van der Waals surface area contributed by atoms with Crippen LogP contribution in [0, 0.1) is 11.8 Å². The minimum absolute atomic E-state index is 0.0238. The highest BCUT2D eigenvalue weighted by atomic mass is 19.3. The second kappa shape index (κ2) is 14.5. The van der Waals surface area contributed by atoms with Crippen LogP contribution in [0.25, 0.3) is 16.9 Å². The summed E-state index contributed by atoms with van der Waals surface area (Å²) in [6, 6.07) is 9.58. The third-order valence-electron chi connectivity index (χ3n) is 11.3. The van der Waals surface area contributed by atoms with Crippen LogP contribution in [0.5, 0.6) is 5.88 Å². The van der Waals surface area contributed by atoms with Crippen molar-refractivity contribution in [3.05, 3.63) is 36.2 Å². The van der Waals surface area contributed by atoms with E-state index in [0.29, 0.717) is 78.8 Å². The first-order valence-electron chi connectivity index (χ1n) is 18.3. The van der Waals surface area contributed by atoms with Crippen LogP contribution in [-0.2, 0) is 14.3 Å². The highest BCUT2D eigenvalue weighted by molar-refractivity contribution is 5.89. The van der Waals surface area contributed by atoms with E-state index in [9.17, 15) is 13.6 Å². The van der Waals surface area contributed by atoms with Crippen molar-refractivity contribution in [1.82, 2.24) is 29.7 Å². The number of hydrogen-bond donors (Lipinski definition) is 1. The molecule has 0 spiro atoms. The summed E-state index contributed by atoms with van der Waals surface area (Å²) in [5, 5.41) is 3.55. The van der Waals surface area contributed by atoms with Gasteiger partial charge >= 0.3 is 0 Å². The molecule has 11 nitrogen and oxygen atoms in total. The summed E-state index contributed by atoms with van der Waals surface area (Å²) in [5.41, 5.74) is 1.01. The zero-order valence-corrected chi connectivity index (χ0v) is 28.0. The highest BCUT2D eigenvalue weighted by Crippen LogP contribution is 2.38. The molecule has 1 aromatic carbocycles. The normalized spacial score (nSPS) is 29.7. The van der Waals surface area contributed by atoms with Crippen molar-refractivity contribution < 1.29 is 27.8 Å². The molecule has 49 heavy (non-hydrogen) atoms. The fourth-order valence-electron chi connectivity index (χ4n) is 8.64. The van der Waals surface area contributed by atoms with E-state index in [-0.39, 0.29) is 23.9 Å². The Morgan fingerprint density at radius 2 is 1.65 bits per heavy atom. The predicted octanol–water partition coefficient (Wildman–Crippen LogP) is 4.72. The lowest BCUT2D eigenvalue weighted by Gasteiger charge is -2.41. The van der Waals surface area contributed by atoms with Gasteiger partial charge in [0.2, 0.25) is 11.8 Å². The molecular weight excluding hydrogens is 632 g/mol. The number of morpholine rings is 2. The van der Waals surface area contributed by atoms with E-state index < -0.39 is 6.43 Å². The van der Waals surface area contributed by atoms with Gasteiger partial charge in [0, 0.05) is 50.2 Å². The molecule has 4 atom stereocenters. The summed E-state index contributed by atoms with van der Waals surface area (Å²) in [4.78, 5) is 31.9. The molecule has 3 aliphatic heterocycles. The number of para-hydroxylation sites is 2. The van der Waals surface area contributed by atoms with Gasteiger partial charge in [0.05, 0.1) is 43.5 Å². The van der Waals surface area contributed by atoms with Crippen molar-refractivity contribution in [2.24, 2.45) is 11.8 Å².